The van der Waals surface area contributed by atoms with E-state index in [0.29, 0.717) is 35.5 Å². The molecule has 4 rings (SSSR count). The van der Waals surface area contributed by atoms with Crippen LogP contribution in [0.1, 0.15) is 19.4 Å². The second kappa shape index (κ2) is 9.42. The Balaban J connectivity index is 1.63. The molecule has 1 aliphatic heterocycles. The van der Waals surface area contributed by atoms with Gasteiger partial charge in [-0.3, -0.25) is 4.85 Å². The van der Waals surface area contributed by atoms with Crippen molar-refractivity contribution in [1.82, 2.24) is 19.5 Å². The number of sulfonamides is 1. The van der Waals surface area contributed by atoms with E-state index >= 15 is 0 Å². The van der Waals surface area contributed by atoms with Gasteiger partial charge in [-0.05, 0) is 29.8 Å². The molecule has 36 heavy (non-hydrogen) atoms. The summed E-state index contributed by atoms with van der Waals surface area (Å²) in [5, 5.41) is 6.01. The lowest BCUT2D eigenvalue weighted by atomic mass is 9.99. The number of urea groups is 1. The van der Waals surface area contributed by atoms with Crippen LogP contribution in [0, 0.1) is 6.57 Å². The third-order valence-corrected chi connectivity index (χ3v) is 6.50. The fourth-order valence-electron chi connectivity index (χ4n) is 3.51. The van der Waals surface area contributed by atoms with Crippen molar-refractivity contribution in [3.05, 3.63) is 59.7 Å². The molecule has 3 heterocycles. The molecule has 3 aromatic rings. The van der Waals surface area contributed by atoms with Gasteiger partial charge in [-0.15, -0.1) is 0 Å². The molecule has 0 bridgehead atoms. The van der Waals surface area contributed by atoms with Crippen LogP contribution in [0.3, 0.4) is 0 Å². The van der Waals surface area contributed by atoms with E-state index in [1.54, 1.807) is 26.0 Å². The number of hydrogen-bond donors (Lipinski definition) is 2. The normalized spacial score (nSPS) is 13.0. The van der Waals surface area contributed by atoms with Crippen LogP contribution in [-0.2, 0) is 22.1 Å². The Morgan fingerprint density at radius 2 is 2.08 bits per heavy atom. The van der Waals surface area contributed by atoms with Crippen molar-refractivity contribution in [3.63, 3.8) is 0 Å². The van der Waals surface area contributed by atoms with Crippen molar-refractivity contribution in [3.8, 4) is 22.8 Å². The lowest BCUT2D eigenvalue weighted by molar-refractivity contribution is -0.0528. The van der Waals surface area contributed by atoms with Crippen molar-refractivity contribution in [1.29, 1.82) is 0 Å². The molecular weight excluding hydrogens is 498 g/mol. The van der Waals surface area contributed by atoms with Crippen LogP contribution in [0.5, 0.6) is 11.6 Å². The predicted octanol–water partition coefficient (Wildman–Crippen LogP) is 3.60. The number of hydrogen-bond acceptors (Lipinski definition) is 7. The van der Waals surface area contributed by atoms with Crippen LogP contribution in [0.25, 0.3) is 16.0 Å². The molecule has 2 N–H and O–H groups in total. The van der Waals surface area contributed by atoms with Crippen molar-refractivity contribution >= 4 is 21.7 Å². The van der Waals surface area contributed by atoms with Gasteiger partial charge in [0.1, 0.15) is 5.75 Å². The van der Waals surface area contributed by atoms with E-state index in [2.05, 4.69) is 25.0 Å². The number of benzene rings is 1. The highest BCUT2D eigenvalue weighted by Gasteiger charge is 2.30. The standard InChI is InChI=1S/C22H20F2N6O5S/c1-22(2,25-3)30-10-7-18(28-30)36(32,33)29-21(31)27-19-14(4-5-16-15(19)8-11-34-16)13-6-9-26-17(12-13)35-20(23)24/h4-7,9-10,12,20H,8,11H2,1-2H3,(H2,27,29,31). The van der Waals surface area contributed by atoms with Crippen LogP contribution in [0.15, 0.2) is 47.8 Å². The predicted molar refractivity (Wildman–Crippen MR) is 123 cm³/mol. The van der Waals surface area contributed by atoms with Gasteiger partial charge in [0.15, 0.2) is 5.03 Å². The molecule has 0 spiro atoms. The van der Waals surface area contributed by atoms with Crippen molar-refractivity contribution in [2.75, 3.05) is 11.9 Å². The molecule has 0 aliphatic carbocycles. The summed E-state index contributed by atoms with van der Waals surface area (Å²) >= 11 is 0. The van der Waals surface area contributed by atoms with Crippen LogP contribution in [0.2, 0.25) is 0 Å². The smallest absolute Gasteiger partial charge is 0.388 e. The van der Waals surface area contributed by atoms with Crippen molar-refractivity contribution in [2.45, 2.75) is 37.6 Å². The summed E-state index contributed by atoms with van der Waals surface area (Å²) in [4.78, 5) is 19.9. The van der Waals surface area contributed by atoms with Gasteiger partial charge in [-0.1, -0.05) is 0 Å². The number of carbonyl (C=O) groups is 1. The highest BCUT2D eigenvalue weighted by atomic mass is 32.2. The average molecular weight is 519 g/mol. The average Bonchev–Trinajstić information content (AvgIpc) is 3.49. The summed E-state index contributed by atoms with van der Waals surface area (Å²) < 4.78 is 63.8. The minimum absolute atomic E-state index is 0.242. The lowest BCUT2D eigenvalue weighted by Crippen LogP contribution is -2.35. The third-order valence-electron chi connectivity index (χ3n) is 5.28. The van der Waals surface area contributed by atoms with Crippen LogP contribution in [0.4, 0.5) is 19.3 Å². The third kappa shape index (κ3) is 5.05. The van der Waals surface area contributed by atoms with Gasteiger partial charge in [-0.25, -0.2) is 21.1 Å². The number of ether oxygens (including phenoxy) is 2. The maximum Gasteiger partial charge on any atom is 0.388 e. The first-order valence-electron chi connectivity index (χ1n) is 10.5. The van der Waals surface area contributed by atoms with E-state index in [9.17, 15) is 22.0 Å². The zero-order valence-electron chi connectivity index (χ0n) is 19.0. The molecule has 14 heteroatoms. The summed E-state index contributed by atoms with van der Waals surface area (Å²) in [6.07, 6.45) is 3.02. The van der Waals surface area contributed by atoms with Crippen molar-refractivity contribution in [2.24, 2.45) is 0 Å². The Morgan fingerprint density at radius 1 is 1.31 bits per heavy atom. The summed E-state index contributed by atoms with van der Waals surface area (Å²) in [5.74, 6) is 0.172. The second-order valence-corrected chi connectivity index (χ2v) is 9.72. The zero-order chi connectivity index (χ0) is 26.1. The van der Waals surface area contributed by atoms with Gasteiger partial charge in [0.25, 0.3) is 10.0 Å². The molecule has 0 radical (unpaired) electrons. The Labute approximate surface area is 204 Å². The summed E-state index contributed by atoms with van der Waals surface area (Å²) in [6, 6.07) is 6.16. The maximum atomic E-state index is 12.8. The van der Waals surface area contributed by atoms with Gasteiger partial charge < -0.3 is 14.8 Å². The lowest BCUT2D eigenvalue weighted by Gasteiger charge is -2.16. The van der Waals surface area contributed by atoms with E-state index in [4.69, 9.17) is 11.3 Å². The number of pyridine rings is 1. The van der Waals surface area contributed by atoms with Gasteiger partial charge in [0.05, 0.1) is 12.3 Å². The van der Waals surface area contributed by atoms with Crippen molar-refractivity contribution < 1.29 is 31.5 Å². The van der Waals surface area contributed by atoms with Gasteiger partial charge in [-0.2, -0.15) is 27.0 Å². The van der Waals surface area contributed by atoms with E-state index in [-0.39, 0.29) is 11.6 Å². The van der Waals surface area contributed by atoms with E-state index in [0.717, 1.165) is 0 Å². The molecule has 2 aromatic heterocycles. The fourth-order valence-corrected chi connectivity index (χ4v) is 4.35. The molecule has 0 unspecified atom stereocenters. The molecule has 0 saturated carbocycles. The maximum absolute atomic E-state index is 12.8. The number of rotatable bonds is 7. The Kier molecular flexibility index (Phi) is 6.51. The summed E-state index contributed by atoms with van der Waals surface area (Å²) in [7, 11) is -4.38. The largest absolute Gasteiger partial charge is 0.493 e. The number of nitrogens with zero attached hydrogens (tertiary/aromatic N) is 4. The van der Waals surface area contributed by atoms with E-state index in [1.165, 1.54) is 35.3 Å². The number of nitrogens with one attached hydrogen (secondary N) is 2. The first kappa shape index (κ1) is 24.9. The van der Waals surface area contributed by atoms with Gasteiger partial charge >= 0.3 is 18.3 Å². The molecule has 1 aliphatic rings. The number of aromatic nitrogens is 3. The minimum Gasteiger partial charge on any atom is -0.493 e. The number of halogens is 2. The van der Waals surface area contributed by atoms with Crippen LogP contribution >= 0.6 is 0 Å². The van der Waals surface area contributed by atoms with Gasteiger partial charge in [0.2, 0.25) is 5.88 Å². The molecule has 0 fully saturated rings. The Morgan fingerprint density at radius 3 is 2.81 bits per heavy atom. The first-order chi connectivity index (χ1) is 17.0. The molecule has 188 valence electrons. The monoisotopic (exact) mass is 518 g/mol. The number of amides is 2. The summed E-state index contributed by atoms with van der Waals surface area (Å²) in [5.41, 5.74) is 0.542. The number of fused-ring (bicyclic) bond motifs is 1. The molecule has 11 nitrogen and oxygen atoms in total. The number of anilines is 1. The van der Waals surface area contributed by atoms with Crippen LogP contribution in [-0.4, -0.2) is 42.4 Å². The zero-order valence-corrected chi connectivity index (χ0v) is 19.8. The highest BCUT2D eigenvalue weighted by Crippen LogP contribution is 2.40. The molecule has 0 saturated heterocycles. The van der Waals surface area contributed by atoms with Gasteiger partial charge in [0, 0.05) is 49.9 Å². The fraction of sp³-hybridized carbons (Fsp3) is 0.273. The molecule has 2 amide bonds. The summed E-state index contributed by atoms with van der Waals surface area (Å²) in [6.45, 7) is 7.61. The SMILES string of the molecule is [C-]#[N+]C(C)(C)n1ccc(S(=O)(=O)NC(=O)Nc2c(-c3ccnc(OC(F)F)c3)ccc3c2CCO3)n1. The molecule has 0 atom stereocenters. The Bertz CT molecular complexity index is 1470. The Hall–Kier alpha value is -4.25. The first-order valence-corrected chi connectivity index (χ1v) is 12.0. The van der Waals surface area contributed by atoms with E-state index in [1.807, 2.05) is 4.72 Å². The van der Waals surface area contributed by atoms with E-state index < -0.39 is 33.4 Å². The molecule has 1 aromatic carbocycles. The topological polar surface area (TPSA) is 129 Å². The molecular formula is C22H20F2N6O5S. The number of carbonyl (C=O) groups excluding carboxylic acids is 1. The second-order valence-electron chi connectivity index (χ2n) is 8.09. The van der Waals surface area contributed by atoms with Crippen LogP contribution < -0.4 is 19.5 Å². The quantitative estimate of drug-likeness (QED) is 0.457. The minimum atomic E-state index is -4.38. The number of alkyl halides is 2. The highest BCUT2D eigenvalue weighted by molar-refractivity contribution is 7.90.